The van der Waals surface area contributed by atoms with E-state index in [0.29, 0.717) is 32.0 Å². The van der Waals surface area contributed by atoms with E-state index in [1.807, 2.05) is 13.8 Å². The van der Waals surface area contributed by atoms with Gasteiger partial charge < -0.3 is 4.74 Å². The highest BCUT2D eigenvalue weighted by Crippen LogP contribution is 2.37. The van der Waals surface area contributed by atoms with Gasteiger partial charge in [0.1, 0.15) is 5.75 Å². The van der Waals surface area contributed by atoms with Crippen LogP contribution in [0.2, 0.25) is 10.0 Å². The maximum Gasteiger partial charge on any atom is 0.298 e. The van der Waals surface area contributed by atoms with Gasteiger partial charge >= 0.3 is 0 Å². The molecule has 26 heavy (non-hydrogen) atoms. The molecule has 1 aliphatic rings. The van der Waals surface area contributed by atoms with E-state index in [1.54, 1.807) is 48.5 Å². The van der Waals surface area contributed by atoms with Gasteiger partial charge in [-0.2, -0.15) is 0 Å². The molecular formula is C19H15Cl2NO3S. The number of hydrogen-bond donors (Lipinski definition) is 0. The predicted octanol–water partition coefficient (Wildman–Crippen LogP) is 6.02. The lowest BCUT2D eigenvalue weighted by Gasteiger charge is -2.12. The molecule has 0 aromatic heterocycles. The van der Waals surface area contributed by atoms with Gasteiger partial charge in [-0.1, -0.05) is 29.3 Å². The standard InChI is InChI=1S/C19H15Cl2NO3S/c1-11(2)25-16-8-3-12(9-15(16)21)10-17-18(23)22(19(24)26-17)14-6-4-13(20)5-7-14/h3-11H,1-2H3/b17-10+. The minimum atomic E-state index is -0.374. The molecule has 4 nitrogen and oxygen atoms in total. The molecule has 1 heterocycles. The zero-order valence-corrected chi connectivity index (χ0v) is 16.4. The first kappa shape index (κ1) is 18.8. The van der Waals surface area contributed by atoms with E-state index in [9.17, 15) is 9.59 Å². The maximum absolute atomic E-state index is 12.6. The molecule has 2 amide bonds. The Kier molecular flexibility index (Phi) is 5.61. The number of nitrogens with zero attached hydrogens (tertiary/aromatic N) is 1. The maximum atomic E-state index is 12.6. The molecule has 0 saturated carbocycles. The largest absolute Gasteiger partial charge is 0.489 e. The average Bonchev–Trinajstić information content (AvgIpc) is 2.85. The molecule has 1 saturated heterocycles. The zero-order chi connectivity index (χ0) is 18.8. The van der Waals surface area contributed by atoms with Crippen molar-refractivity contribution in [2.75, 3.05) is 4.90 Å². The number of carbonyl (C=O) groups is 2. The Morgan fingerprint density at radius 3 is 2.38 bits per heavy atom. The summed E-state index contributed by atoms with van der Waals surface area (Å²) in [7, 11) is 0. The van der Waals surface area contributed by atoms with Crippen LogP contribution in [-0.2, 0) is 4.79 Å². The molecule has 0 spiro atoms. The van der Waals surface area contributed by atoms with Crippen LogP contribution in [0.5, 0.6) is 5.75 Å². The van der Waals surface area contributed by atoms with Crippen molar-refractivity contribution in [2.24, 2.45) is 0 Å². The predicted molar refractivity (Wildman–Crippen MR) is 107 cm³/mol. The van der Waals surface area contributed by atoms with E-state index in [-0.39, 0.29) is 17.3 Å². The van der Waals surface area contributed by atoms with Gasteiger partial charge in [0.15, 0.2) is 0 Å². The number of hydrogen-bond acceptors (Lipinski definition) is 4. The summed E-state index contributed by atoms with van der Waals surface area (Å²) in [5.74, 6) is 0.203. The molecule has 7 heteroatoms. The summed E-state index contributed by atoms with van der Waals surface area (Å²) >= 11 is 13.0. The topological polar surface area (TPSA) is 46.6 Å². The second kappa shape index (κ2) is 7.74. The summed E-state index contributed by atoms with van der Waals surface area (Å²) in [5.41, 5.74) is 1.20. The fourth-order valence-electron chi connectivity index (χ4n) is 2.39. The fourth-order valence-corrected chi connectivity index (χ4v) is 3.59. The second-order valence-electron chi connectivity index (χ2n) is 5.85. The van der Waals surface area contributed by atoms with Crippen molar-refractivity contribution in [1.82, 2.24) is 0 Å². The van der Waals surface area contributed by atoms with Gasteiger partial charge in [0, 0.05) is 5.02 Å². The molecule has 1 fully saturated rings. The van der Waals surface area contributed by atoms with Crippen LogP contribution in [0.3, 0.4) is 0 Å². The normalized spacial score (nSPS) is 16.0. The van der Waals surface area contributed by atoms with E-state index < -0.39 is 0 Å². The van der Waals surface area contributed by atoms with Gasteiger partial charge in [-0.05, 0) is 73.6 Å². The van der Waals surface area contributed by atoms with Crippen LogP contribution < -0.4 is 9.64 Å². The Hall–Kier alpha value is -1.95. The highest BCUT2D eigenvalue weighted by atomic mass is 35.5. The van der Waals surface area contributed by atoms with Crippen molar-refractivity contribution in [2.45, 2.75) is 20.0 Å². The summed E-state index contributed by atoms with van der Waals surface area (Å²) in [5, 5.41) is 0.633. The summed E-state index contributed by atoms with van der Waals surface area (Å²) in [6, 6.07) is 11.8. The van der Waals surface area contributed by atoms with E-state index in [2.05, 4.69) is 0 Å². The SMILES string of the molecule is CC(C)Oc1ccc(/C=C2/SC(=O)N(c3ccc(Cl)cc3)C2=O)cc1Cl. The van der Waals surface area contributed by atoms with Crippen LogP contribution in [0.1, 0.15) is 19.4 Å². The Bertz CT molecular complexity index is 894. The van der Waals surface area contributed by atoms with Crippen molar-refractivity contribution < 1.29 is 14.3 Å². The van der Waals surface area contributed by atoms with E-state index in [0.717, 1.165) is 16.7 Å². The first-order chi connectivity index (χ1) is 12.3. The smallest absolute Gasteiger partial charge is 0.298 e. The molecule has 0 unspecified atom stereocenters. The highest BCUT2D eigenvalue weighted by Gasteiger charge is 2.36. The fraction of sp³-hybridized carbons (Fsp3) is 0.158. The minimum absolute atomic E-state index is 0.00854. The van der Waals surface area contributed by atoms with Crippen molar-refractivity contribution in [3.63, 3.8) is 0 Å². The van der Waals surface area contributed by atoms with Crippen LogP contribution in [0, 0.1) is 0 Å². The number of thioether (sulfide) groups is 1. The third kappa shape index (κ3) is 4.06. The number of rotatable bonds is 4. The third-order valence-corrected chi connectivity index (χ3v) is 4.91. The monoisotopic (exact) mass is 407 g/mol. The summed E-state index contributed by atoms with van der Waals surface area (Å²) in [6.07, 6.45) is 1.65. The number of halogens is 2. The summed E-state index contributed by atoms with van der Waals surface area (Å²) < 4.78 is 5.59. The number of anilines is 1. The molecule has 1 aliphatic heterocycles. The molecule has 0 radical (unpaired) electrons. The van der Waals surface area contributed by atoms with Gasteiger partial charge in [0.2, 0.25) is 0 Å². The number of amides is 2. The Morgan fingerprint density at radius 1 is 1.08 bits per heavy atom. The quantitative estimate of drug-likeness (QED) is 0.581. The van der Waals surface area contributed by atoms with E-state index in [4.69, 9.17) is 27.9 Å². The van der Waals surface area contributed by atoms with E-state index in [1.165, 1.54) is 0 Å². The van der Waals surface area contributed by atoms with Crippen LogP contribution in [0.25, 0.3) is 6.08 Å². The lowest BCUT2D eigenvalue weighted by atomic mass is 10.2. The van der Waals surface area contributed by atoms with Gasteiger partial charge in [-0.3, -0.25) is 9.59 Å². The zero-order valence-electron chi connectivity index (χ0n) is 14.0. The van der Waals surface area contributed by atoms with Crippen molar-refractivity contribution in [3.8, 4) is 5.75 Å². The number of imide groups is 1. The summed E-state index contributed by atoms with van der Waals surface area (Å²) in [6.45, 7) is 3.83. The molecule has 0 atom stereocenters. The van der Waals surface area contributed by atoms with Crippen molar-refractivity contribution in [3.05, 3.63) is 63.0 Å². The molecule has 2 aromatic rings. The minimum Gasteiger partial charge on any atom is -0.489 e. The molecule has 0 N–H and O–H groups in total. The highest BCUT2D eigenvalue weighted by molar-refractivity contribution is 8.19. The molecule has 134 valence electrons. The molecular weight excluding hydrogens is 393 g/mol. The van der Waals surface area contributed by atoms with Crippen LogP contribution in [-0.4, -0.2) is 17.3 Å². The van der Waals surface area contributed by atoms with Crippen LogP contribution in [0.15, 0.2) is 47.4 Å². The molecule has 0 aliphatic carbocycles. The summed E-state index contributed by atoms with van der Waals surface area (Å²) in [4.78, 5) is 26.4. The molecule has 2 aromatic carbocycles. The first-order valence-corrected chi connectivity index (χ1v) is 9.42. The lowest BCUT2D eigenvalue weighted by Crippen LogP contribution is -2.27. The average molecular weight is 408 g/mol. The number of carbonyl (C=O) groups excluding carboxylic acids is 2. The van der Waals surface area contributed by atoms with Crippen molar-refractivity contribution >= 4 is 57.9 Å². The number of ether oxygens (including phenoxy) is 1. The molecule has 0 bridgehead atoms. The Morgan fingerprint density at radius 2 is 1.77 bits per heavy atom. The first-order valence-electron chi connectivity index (χ1n) is 7.85. The molecule has 3 rings (SSSR count). The van der Waals surface area contributed by atoms with Crippen molar-refractivity contribution in [1.29, 1.82) is 0 Å². The van der Waals surface area contributed by atoms with Gasteiger partial charge in [0.25, 0.3) is 11.1 Å². The van der Waals surface area contributed by atoms with Gasteiger partial charge in [0.05, 0.1) is 21.7 Å². The number of benzene rings is 2. The third-order valence-electron chi connectivity index (χ3n) is 3.49. The van der Waals surface area contributed by atoms with Gasteiger partial charge in [-0.25, -0.2) is 4.90 Å². The Balaban J connectivity index is 1.86. The second-order valence-corrected chi connectivity index (χ2v) is 7.69. The van der Waals surface area contributed by atoms with Crippen LogP contribution >= 0.6 is 35.0 Å². The van der Waals surface area contributed by atoms with E-state index >= 15 is 0 Å². The Labute approximate surface area is 165 Å². The van der Waals surface area contributed by atoms with Crippen LogP contribution in [0.4, 0.5) is 10.5 Å². The van der Waals surface area contributed by atoms with Gasteiger partial charge in [-0.15, -0.1) is 0 Å². The lowest BCUT2D eigenvalue weighted by molar-refractivity contribution is -0.113.